The minimum absolute atomic E-state index is 0.200. The van der Waals surface area contributed by atoms with Gasteiger partial charge in [0, 0.05) is 19.3 Å². The molecule has 9 nitrogen and oxygen atoms in total. The van der Waals surface area contributed by atoms with E-state index in [1.165, 1.54) is 16.7 Å². The zero-order chi connectivity index (χ0) is 24.8. The standard InChI is InChI=1S/C24H26FN5O4S/c1-2-24(31)30-22-8-4-3-7-20(22)28-23(30)17-27-35(32,33)26-11-5-6-18-9-10-21(19(25)16-18)29-12-14-34-15-13-29/h3-11,16-17,24,31H,2,12-15H2,1H3. The van der Waals surface area contributed by atoms with Gasteiger partial charge in [-0.15, -0.1) is 4.40 Å². The fourth-order valence-electron chi connectivity index (χ4n) is 3.74. The normalized spacial score (nSPS) is 16.3. The molecule has 1 N–H and O–H groups in total. The molecular formula is C24H26FN5O4S. The minimum atomic E-state index is -4.19. The van der Waals surface area contributed by atoms with E-state index in [0.717, 1.165) is 12.4 Å². The Labute approximate surface area is 203 Å². The summed E-state index contributed by atoms with van der Waals surface area (Å²) < 4.78 is 52.9. The molecule has 0 saturated carbocycles. The third-order valence-corrected chi connectivity index (χ3v) is 6.24. The average Bonchev–Trinajstić information content (AvgIpc) is 3.24. The molecule has 1 atom stereocenters. The van der Waals surface area contributed by atoms with Crippen molar-refractivity contribution in [2.45, 2.75) is 19.6 Å². The van der Waals surface area contributed by atoms with Gasteiger partial charge in [-0.25, -0.2) is 9.37 Å². The molecular weight excluding hydrogens is 473 g/mol. The van der Waals surface area contributed by atoms with Gasteiger partial charge < -0.3 is 14.7 Å². The summed E-state index contributed by atoms with van der Waals surface area (Å²) in [5.74, 6) is -0.161. The van der Waals surface area contributed by atoms with Crippen LogP contribution in [-0.2, 0) is 14.9 Å². The highest BCUT2D eigenvalue weighted by Crippen LogP contribution is 2.23. The summed E-state index contributed by atoms with van der Waals surface area (Å²) in [4.78, 5) is 6.27. The number of allylic oxidation sites excluding steroid dienone is 1. The van der Waals surface area contributed by atoms with E-state index in [0.29, 0.717) is 55.0 Å². The Morgan fingerprint density at radius 2 is 1.97 bits per heavy atom. The van der Waals surface area contributed by atoms with Gasteiger partial charge in [-0.05, 0) is 42.3 Å². The number of rotatable bonds is 8. The molecule has 2 aromatic carbocycles. The van der Waals surface area contributed by atoms with Crippen molar-refractivity contribution in [1.82, 2.24) is 9.55 Å². The van der Waals surface area contributed by atoms with Crippen molar-refractivity contribution in [2.24, 2.45) is 8.80 Å². The number of fused-ring (bicyclic) bond motifs is 1. The van der Waals surface area contributed by atoms with E-state index < -0.39 is 16.4 Å². The highest BCUT2D eigenvalue weighted by molar-refractivity contribution is 7.89. The van der Waals surface area contributed by atoms with Crippen LogP contribution < -0.4 is 4.90 Å². The predicted molar refractivity (Wildman–Crippen MR) is 135 cm³/mol. The molecule has 1 saturated heterocycles. The maximum atomic E-state index is 14.5. The van der Waals surface area contributed by atoms with Crippen LogP contribution in [0.4, 0.5) is 10.1 Å². The quantitative estimate of drug-likeness (QED) is 0.476. The van der Waals surface area contributed by atoms with Crippen molar-refractivity contribution in [3.8, 4) is 0 Å². The zero-order valence-electron chi connectivity index (χ0n) is 19.2. The summed E-state index contributed by atoms with van der Waals surface area (Å²) in [6.45, 7) is 4.18. The van der Waals surface area contributed by atoms with Gasteiger partial charge in [-0.1, -0.05) is 31.2 Å². The number of hydrogen-bond acceptors (Lipinski definition) is 6. The number of halogens is 1. The number of benzene rings is 2. The molecule has 184 valence electrons. The van der Waals surface area contributed by atoms with E-state index in [-0.39, 0.29) is 11.6 Å². The Bertz CT molecular complexity index is 1380. The van der Waals surface area contributed by atoms with Crippen molar-refractivity contribution in [3.05, 3.63) is 65.7 Å². The number of hydrogen-bond donors (Lipinski definition) is 1. The highest BCUT2D eigenvalue weighted by atomic mass is 32.2. The molecule has 1 aliphatic heterocycles. The van der Waals surface area contributed by atoms with E-state index in [1.807, 2.05) is 4.90 Å². The topological polar surface area (TPSA) is 109 Å². The predicted octanol–water partition coefficient (Wildman–Crippen LogP) is 3.36. The van der Waals surface area contributed by atoms with Crippen LogP contribution in [0.5, 0.6) is 0 Å². The third kappa shape index (κ3) is 5.99. The first-order chi connectivity index (χ1) is 16.9. The number of anilines is 1. The molecule has 1 aliphatic rings. The van der Waals surface area contributed by atoms with Gasteiger partial charge in [-0.3, -0.25) is 4.57 Å². The SMILES string of the molecule is CCC(O)n1c(C=NS(=O)(=O)N=CC=Cc2ccc(N3CCOCC3)c(F)c2)nc2ccccc21. The molecule has 4 rings (SSSR count). The van der Waals surface area contributed by atoms with E-state index in [4.69, 9.17) is 4.74 Å². The number of ether oxygens (including phenoxy) is 1. The van der Waals surface area contributed by atoms with Crippen LogP contribution in [0, 0.1) is 5.82 Å². The molecule has 1 aromatic heterocycles. The molecule has 3 aromatic rings. The number of nitrogens with zero attached hydrogens (tertiary/aromatic N) is 5. The van der Waals surface area contributed by atoms with Crippen molar-refractivity contribution in [3.63, 3.8) is 0 Å². The zero-order valence-corrected chi connectivity index (χ0v) is 20.0. The Balaban J connectivity index is 1.46. The van der Waals surface area contributed by atoms with E-state index in [9.17, 15) is 17.9 Å². The lowest BCUT2D eigenvalue weighted by Gasteiger charge is -2.29. The Morgan fingerprint density at radius 3 is 2.71 bits per heavy atom. The lowest BCUT2D eigenvalue weighted by molar-refractivity contribution is 0.104. The summed E-state index contributed by atoms with van der Waals surface area (Å²) in [6, 6.07) is 12.0. The van der Waals surface area contributed by atoms with Crippen LogP contribution >= 0.6 is 0 Å². The lowest BCUT2D eigenvalue weighted by atomic mass is 10.1. The molecule has 0 bridgehead atoms. The Morgan fingerprint density at radius 1 is 1.20 bits per heavy atom. The number of aliphatic hydroxyl groups is 1. The van der Waals surface area contributed by atoms with Crippen LogP contribution in [0.2, 0.25) is 0 Å². The summed E-state index contributed by atoms with van der Waals surface area (Å²) in [6.07, 6.45) is 4.61. The van der Waals surface area contributed by atoms with Gasteiger partial charge in [-0.2, -0.15) is 12.8 Å². The van der Waals surface area contributed by atoms with Crippen LogP contribution in [0.1, 0.15) is 31.0 Å². The van der Waals surface area contributed by atoms with Crippen LogP contribution in [0.15, 0.2) is 57.3 Å². The molecule has 0 radical (unpaired) electrons. The molecule has 1 unspecified atom stereocenters. The number of para-hydroxylation sites is 2. The first kappa shape index (κ1) is 24.7. The van der Waals surface area contributed by atoms with E-state index >= 15 is 0 Å². The second kappa shape index (κ2) is 10.9. The molecule has 0 aliphatic carbocycles. The van der Waals surface area contributed by atoms with Crippen LogP contribution in [0.3, 0.4) is 0 Å². The average molecular weight is 500 g/mol. The van der Waals surface area contributed by atoms with Crippen molar-refractivity contribution < 1.29 is 22.7 Å². The summed E-state index contributed by atoms with van der Waals surface area (Å²) >= 11 is 0. The molecule has 2 heterocycles. The minimum Gasteiger partial charge on any atom is -0.378 e. The fourth-order valence-corrected chi connectivity index (χ4v) is 4.25. The number of imidazole rings is 1. The number of aromatic nitrogens is 2. The maximum Gasteiger partial charge on any atom is 0.363 e. The van der Waals surface area contributed by atoms with Gasteiger partial charge >= 0.3 is 10.2 Å². The smallest absolute Gasteiger partial charge is 0.363 e. The molecule has 1 fully saturated rings. The highest BCUT2D eigenvalue weighted by Gasteiger charge is 2.16. The Kier molecular flexibility index (Phi) is 7.69. The van der Waals surface area contributed by atoms with Crippen molar-refractivity contribution in [1.29, 1.82) is 0 Å². The van der Waals surface area contributed by atoms with Gasteiger partial charge in [0.1, 0.15) is 12.0 Å². The summed E-state index contributed by atoms with van der Waals surface area (Å²) in [5.41, 5.74) is 2.35. The second-order valence-electron chi connectivity index (χ2n) is 7.82. The molecule has 35 heavy (non-hydrogen) atoms. The largest absolute Gasteiger partial charge is 0.378 e. The second-order valence-corrected chi connectivity index (χ2v) is 9.14. The lowest BCUT2D eigenvalue weighted by Crippen LogP contribution is -2.36. The van der Waals surface area contributed by atoms with Gasteiger partial charge in [0.05, 0.1) is 36.1 Å². The Hall–Kier alpha value is -3.41. The number of morpholine rings is 1. The van der Waals surface area contributed by atoms with Crippen LogP contribution in [0.25, 0.3) is 17.1 Å². The first-order valence-corrected chi connectivity index (χ1v) is 12.6. The fraction of sp³-hybridized carbons (Fsp3) is 0.292. The summed E-state index contributed by atoms with van der Waals surface area (Å²) in [5, 5.41) is 10.4. The van der Waals surface area contributed by atoms with Crippen molar-refractivity contribution >= 4 is 45.4 Å². The van der Waals surface area contributed by atoms with Gasteiger partial charge in [0.2, 0.25) is 0 Å². The third-order valence-electron chi connectivity index (χ3n) is 5.48. The van der Waals surface area contributed by atoms with Crippen molar-refractivity contribution in [2.75, 3.05) is 31.2 Å². The van der Waals surface area contributed by atoms with Crippen LogP contribution in [-0.4, -0.2) is 61.8 Å². The van der Waals surface area contributed by atoms with E-state index in [1.54, 1.807) is 49.4 Å². The van der Waals surface area contributed by atoms with Gasteiger partial charge in [0.15, 0.2) is 5.82 Å². The monoisotopic (exact) mass is 499 g/mol. The summed E-state index contributed by atoms with van der Waals surface area (Å²) in [7, 11) is -4.19. The molecule has 0 amide bonds. The maximum absolute atomic E-state index is 14.5. The number of aliphatic hydroxyl groups excluding tert-OH is 1. The van der Waals surface area contributed by atoms with Gasteiger partial charge in [0.25, 0.3) is 0 Å². The van der Waals surface area contributed by atoms with E-state index in [2.05, 4.69) is 13.8 Å². The molecule has 11 heteroatoms. The first-order valence-electron chi connectivity index (χ1n) is 11.2. The molecule has 0 spiro atoms.